The maximum absolute atomic E-state index is 5.96. The van der Waals surface area contributed by atoms with Gasteiger partial charge in [-0.15, -0.1) is 0 Å². The maximum Gasteiger partial charge on any atom is 0.122 e. The Hall–Kier alpha value is -1.06. The third-order valence-electron chi connectivity index (χ3n) is 4.11. The number of nitrogens with one attached hydrogen (secondary N) is 1. The number of aryl methyl sites for hydroxylation is 1. The zero-order chi connectivity index (χ0) is 14.8. The summed E-state index contributed by atoms with van der Waals surface area (Å²) in [6.07, 6.45) is 6.00. The van der Waals surface area contributed by atoms with Gasteiger partial charge in [0.05, 0.1) is 6.61 Å². The standard InChI is InChI=1S/C18H30N2O/c1-2-3-6-16-21-18-10-5-4-8-17(18)9-7-13-20-14-11-19-12-15-20/h4-5,8,10,19H,2-3,6-7,9,11-16H2,1H3. The molecule has 3 heteroatoms. The molecule has 3 nitrogen and oxygen atoms in total. The van der Waals surface area contributed by atoms with E-state index in [1.807, 2.05) is 0 Å². The van der Waals surface area contributed by atoms with E-state index in [2.05, 4.69) is 41.4 Å². The van der Waals surface area contributed by atoms with Gasteiger partial charge >= 0.3 is 0 Å². The molecule has 1 heterocycles. The largest absolute Gasteiger partial charge is 0.493 e. The van der Waals surface area contributed by atoms with Gasteiger partial charge in [0.15, 0.2) is 0 Å². The van der Waals surface area contributed by atoms with Gasteiger partial charge in [-0.05, 0) is 37.4 Å². The Morgan fingerprint density at radius 1 is 1.10 bits per heavy atom. The van der Waals surface area contributed by atoms with Gasteiger partial charge in [0.25, 0.3) is 0 Å². The van der Waals surface area contributed by atoms with Crippen LogP contribution in [0.5, 0.6) is 5.75 Å². The fourth-order valence-electron chi connectivity index (χ4n) is 2.81. The molecule has 0 bridgehead atoms. The minimum atomic E-state index is 0.850. The van der Waals surface area contributed by atoms with Gasteiger partial charge < -0.3 is 15.0 Å². The molecule has 21 heavy (non-hydrogen) atoms. The summed E-state index contributed by atoms with van der Waals surface area (Å²) >= 11 is 0. The smallest absolute Gasteiger partial charge is 0.122 e. The molecule has 1 saturated heterocycles. The van der Waals surface area contributed by atoms with Crippen molar-refractivity contribution in [1.82, 2.24) is 10.2 Å². The second-order valence-corrected chi connectivity index (χ2v) is 5.86. The number of rotatable bonds is 9. The molecule has 0 amide bonds. The molecular weight excluding hydrogens is 260 g/mol. The predicted molar refractivity (Wildman–Crippen MR) is 89.1 cm³/mol. The van der Waals surface area contributed by atoms with E-state index in [9.17, 15) is 0 Å². The van der Waals surface area contributed by atoms with Crippen molar-refractivity contribution in [1.29, 1.82) is 0 Å². The minimum absolute atomic E-state index is 0.850. The second-order valence-electron chi connectivity index (χ2n) is 5.86. The monoisotopic (exact) mass is 290 g/mol. The van der Waals surface area contributed by atoms with E-state index in [1.54, 1.807) is 0 Å². The lowest BCUT2D eigenvalue weighted by Crippen LogP contribution is -2.43. The molecule has 1 aliphatic heterocycles. The van der Waals surface area contributed by atoms with Crippen LogP contribution in [0.25, 0.3) is 0 Å². The van der Waals surface area contributed by atoms with Crippen molar-refractivity contribution in [3.63, 3.8) is 0 Å². The first-order valence-corrected chi connectivity index (χ1v) is 8.54. The van der Waals surface area contributed by atoms with Gasteiger partial charge in [0, 0.05) is 26.2 Å². The Balaban J connectivity index is 1.73. The highest BCUT2D eigenvalue weighted by Gasteiger charge is 2.09. The van der Waals surface area contributed by atoms with Crippen LogP contribution in [0.4, 0.5) is 0 Å². The number of para-hydroxylation sites is 1. The lowest BCUT2D eigenvalue weighted by atomic mass is 10.1. The fourth-order valence-corrected chi connectivity index (χ4v) is 2.81. The van der Waals surface area contributed by atoms with Crippen LogP contribution in [-0.2, 0) is 6.42 Å². The molecule has 1 aromatic rings. The summed E-state index contributed by atoms with van der Waals surface area (Å²) in [6.45, 7) is 8.93. The molecule has 0 aromatic heterocycles. The van der Waals surface area contributed by atoms with Crippen molar-refractivity contribution in [3.05, 3.63) is 29.8 Å². The van der Waals surface area contributed by atoms with Gasteiger partial charge in [-0.2, -0.15) is 0 Å². The Kier molecular flexibility index (Phi) is 7.61. The topological polar surface area (TPSA) is 24.5 Å². The van der Waals surface area contributed by atoms with Gasteiger partial charge in [-0.25, -0.2) is 0 Å². The average Bonchev–Trinajstić information content (AvgIpc) is 2.54. The Morgan fingerprint density at radius 2 is 1.90 bits per heavy atom. The van der Waals surface area contributed by atoms with Gasteiger partial charge in [0.1, 0.15) is 5.75 Å². The molecule has 1 fully saturated rings. The fraction of sp³-hybridized carbons (Fsp3) is 0.667. The van der Waals surface area contributed by atoms with Crippen molar-refractivity contribution >= 4 is 0 Å². The van der Waals surface area contributed by atoms with Crippen LogP contribution in [0.15, 0.2) is 24.3 Å². The van der Waals surface area contributed by atoms with E-state index in [0.717, 1.165) is 38.3 Å². The summed E-state index contributed by atoms with van der Waals surface area (Å²) in [5.41, 5.74) is 1.36. The molecule has 0 atom stereocenters. The van der Waals surface area contributed by atoms with E-state index in [4.69, 9.17) is 4.74 Å². The molecule has 1 aromatic carbocycles. The molecule has 0 radical (unpaired) electrons. The summed E-state index contributed by atoms with van der Waals surface area (Å²) < 4.78 is 5.96. The van der Waals surface area contributed by atoms with Crippen LogP contribution >= 0.6 is 0 Å². The number of ether oxygens (including phenoxy) is 1. The van der Waals surface area contributed by atoms with Crippen molar-refractivity contribution in [2.75, 3.05) is 39.3 Å². The zero-order valence-corrected chi connectivity index (χ0v) is 13.4. The Labute approximate surface area is 129 Å². The highest BCUT2D eigenvalue weighted by atomic mass is 16.5. The second kappa shape index (κ2) is 9.80. The van der Waals surface area contributed by atoms with Crippen molar-refractivity contribution < 1.29 is 4.74 Å². The van der Waals surface area contributed by atoms with E-state index >= 15 is 0 Å². The quantitative estimate of drug-likeness (QED) is 0.707. The summed E-state index contributed by atoms with van der Waals surface area (Å²) in [7, 11) is 0. The molecule has 118 valence electrons. The van der Waals surface area contributed by atoms with Crippen LogP contribution < -0.4 is 10.1 Å². The first-order chi connectivity index (χ1) is 10.4. The number of hydrogen-bond donors (Lipinski definition) is 1. The van der Waals surface area contributed by atoms with Gasteiger partial charge in [-0.3, -0.25) is 0 Å². The highest BCUT2D eigenvalue weighted by Crippen LogP contribution is 2.20. The molecular formula is C18H30N2O. The molecule has 1 N–H and O–H groups in total. The summed E-state index contributed by atoms with van der Waals surface area (Å²) in [6, 6.07) is 8.53. The first kappa shape index (κ1) is 16.3. The minimum Gasteiger partial charge on any atom is -0.493 e. The lowest BCUT2D eigenvalue weighted by molar-refractivity contribution is 0.238. The van der Waals surface area contributed by atoms with Crippen molar-refractivity contribution in [2.45, 2.75) is 39.0 Å². The maximum atomic E-state index is 5.96. The van der Waals surface area contributed by atoms with E-state index in [0.29, 0.717) is 0 Å². The molecule has 0 unspecified atom stereocenters. The SMILES string of the molecule is CCCCCOc1ccccc1CCCN1CCNCC1. The van der Waals surface area contributed by atoms with Gasteiger partial charge in [-0.1, -0.05) is 38.0 Å². The van der Waals surface area contributed by atoms with Crippen LogP contribution in [0.2, 0.25) is 0 Å². The molecule has 0 aliphatic carbocycles. The van der Waals surface area contributed by atoms with E-state index < -0.39 is 0 Å². The Morgan fingerprint density at radius 3 is 2.71 bits per heavy atom. The number of nitrogens with zero attached hydrogens (tertiary/aromatic N) is 1. The van der Waals surface area contributed by atoms with Crippen molar-refractivity contribution in [2.24, 2.45) is 0 Å². The zero-order valence-electron chi connectivity index (χ0n) is 13.4. The molecule has 0 saturated carbocycles. The van der Waals surface area contributed by atoms with E-state index in [1.165, 1.54) is 44.5 Å². The molecule has 0 spiro atoms. The lowest BCUT2D eigenvalue weighted by Gasteiger charge is -2.27. The predicted octanol–water partition coefficient (Wildman–Crippen LogP) is 3.09. The van der Waals surface area contributed by atoms with Crippen LogP contribution in [-0.4, -0.2) is 44.2 Å². The summed E-state index contributed by atoms with van der Waals surface area (Å²) in [5, 5.41) is 3.40. The number of benzene rings is 1. The molecule has 1 aliphatic rings. The summed E-state index contributed by atoms with van der Waals surface area (Å²) in [4.78, 5) is 2.56. The molecule has 2 rings (SSSR count). The van der Waals surface area contributed by atoms with Crippen LogP contribution in [0.3, 0.4) is 0 Å². The van der Waals surface area contributed by atoms with E-state index in [-0.39, 0.29) is 0 Å². The van der Waals surface area contributed by atoms with Crippen LogP contribution in [0, 0.1) is 0 Å². The Bertz CT molecular complexity index is 389. The van der Waals surface area contributed by atoms with Gasteiger partial charge in [0.2, 0.25) is 0 Å². The number of piperazine rings is 1. The summed E-state index contributed by atoms with van der Waals surface area (Å²) in [5.74, 6) is 1.09. The third-order valence-corrected chi connectivity index (χ3v) is 4.11. The third kappa shape index (κ3) is 6.06. The van der Waals surface area contributed by atoms with Crippen molar-refractivity contribution in [3.8, 4) is 5.75 Å². The highest BCUT2D eigenvalue weighted by molar-refractivity contribution is 5.33. The average molecular weight is 290 g/mol. The first-order valence-electron chi connectivity index (χ1n) is 8.54. The number of unbranched alkanes of at least 4 members (excludes halogenated alkanes) is 2. The van der Waals surface area contributed by atoms with Crippen LogP contribution in [0.1, 0.15) is 38.2 Å². The normalized spacial score (nSPS) is 16.0. The number of hydrogen-bond acceptors (Lipinski definition) is 3.